The maximum absolute atomic E-state index is 12.7. The average Bonchev–Trinajstić information content (AvgIpc) is 3.25. The molecule has 2 aliphatic rings. The zero-order valence-corrected chi connectivity index (χ0v) is 16.0. The minimum absolute atomic E-state index is 0.0685. The second-order valence-corrected chi connectivity index (χ2v) is 7.64. The van der Waals surface area contributed by atoms with Gasteiger partial charge < -0.3 is 15.0 Å². The van der Waals surface area contributed by atoms with Crippen molar-refractivity contribution in [3.8, 4) is 0 Å². The first-order valence-corrected chi connectivity index (χ1v) is 9.93. The van der Waals surface area contributed by atoms with Gasteiger partial charge in [0.25, 0.3) is 5.56 Å². The summed E-state index contributed by atoms with van der Waals surface area (Å²) in [7, 11) is 0. The molecule has 0 saturated carbocycles. The first-order valence-electron chi connectivity index (χ1n) is 9.55. The summed E-state index contributed by atoms with van der Waals surface area (Å²) in [6.45, 7) is 4.06. The van der Waals surface area contributed by atoms with E-state index in [-0.39, 0.29) is 16.6 Å². The van der Waals surface area contributed by atoms with Crippen LogP contribution in [-0.2, 0) is 4.74 Å². The van der Waals surface area contributed by atoms with E-state index < -0.39 is 0 Å². The van der Waals surface area contributed by atoms with Crippen LogP contribution in [0.4, 0.5) is 11.4 Å². The summed E-state index contributed by atoms with van der Waals surface area (Å²) < 4.78 is 7.04. The van der Waals surface area contributed by atoms with Gasteiger partial charge in [-0.05, 0) is 31.6 Å². The molecule has 0 spiro atoms. The van der Waals surface area contributed by atoms with Crippen LogP contribution in [0.25, 0.3) is 0 Å². The fraction of sp³-hybridized carbons (Fsp3) is 0.611. The van der Waals surface area contributed by atoms with Gasteiger partial charge in [-0.3, -0.25) is 9.89 Å². The lowest BCUT2D eigenvalue weighted by molar-refractivity contribution is 0.0595. The third-order valence-electron chi connectivity index (χ3n) is 5.44. The zero-order chi connectivity index (χ0) is 18.6. The molecule has 2 aromatic heterocycles. The number of anilines is 2. The third-order valence-corrected chi connectivity index (χ3v) is 5.80. The molecule has 0 aromatic carbocycles. The number of rotatable bonds is 5. The highest BCUT2D eigenvalue weighted by molar-refractivity contribution is 6.32. The molecule has 0 amide bonds. The minimum atomic E-state index is -0.219. The van der Waals surface area contributed by atoms with Crippen molar-refractivity contribution in [2.24, 2.45) is 5.92 Å². The summed E-state index contributed by atoms with van der Waals surface area (Å²) in [5.74, 6) is 0.449. The van der Waals surface area contributed by atoms with E-state index >= 15 is 0 Å². The van der Waals surface area contributed by atoms with Gasteiger partial charge >= 0.3 is 0 Å². The molecule has 2 fully saturated rings. The van der Waals surface area contributed by atoms with Gasteiger partial charge in [-0.25, -0.2) is 4.68 Å². The smallest absolute Gasteiger partial charge is 0.287 e. The highest BCUT2D eigenvalue weighted by Crippen LogP contribution is 2.26. The van der Waals surface area contributed by atoms with E-state index in [4.69, 9.17) is 16.3 Å². The number of piperidine rings is 1. The van der Waals surface area contributed by atoms with E-state index in [0.717, 1.165) is 64.2 Å². The number of H-pyrrole nitrogens is 1. The Morgan fingerprint density at radius 2 is 2.15 bits per heavy atom. The van der Waals surface area contributed by atoms with Crippen LogP contribution in [0.1, 0.15) is 31.7 Å². The fourth-order valence-electron chi connectivity index (χ4n) is 3.84. The number of hydrogen-bond donors (Lipinski definition) is 2. The van der Waals surface area contributed by atoms with Gasteiger partial charge in [-0.1, -0.05) is 11.6 Å². The molecule has 146 valence electrons. The Balaban J connectivity index is 1.39. The predicted molar refractivity (Wildman–Crippen MR) is 105 cm³/mol. The van der Waals surface area contributed by atoms with Crippen molar-refractivity contribution in [2.75, 3.05) is 43.1 Å². The molecule has 1 unspecified atom stereocenters. The highest BCUT2D eigenvalue weighted by atomic mass is 35.5. The lowest BCUT2D eigenvalue weighted by atomic mass is 10.0. The van der Waals surface area contributed by atoms with Crippen molar-refractivity contribution in [1.29, 1.82) is 0 Å². The maximum atomic E-state index is 12.7. The first-order chi connectivity index (χ1) is 13.2. The molecular formula is C18H25ClN6O2. The number of aromatic nitrogens is 4. The molecule has 1 atom stereocenters. The number of nitrogens with one attached hydrogen (secondary N) is 2. The summed E-state index contributed by atoms with van der Waals surface area (Å²) in [5.41, 5.74) is 1.47. The minimum Gasteiger partial charge on any atom is -0.382 e. The Morgan fingerprint density at radius 3 is 2.85 bits per heavy atom. The second kappa shape index (κ2) is 8.31. The van der Waals surface area contributed by atoms with Crippen LogP contribution in [0.2, 0.25) is 5.02 Å². The van der Waals surface area contributed by atoms with Crippen LogP contribution in [0, 0.1) is 5.92 Å². The quantitative estimate of drug-likeness (QED) is 0.811. The van der Waals surface area contributed by atoms with E-state index in [1.807, 2.05) is 12.4 Å². The number of halogens is 1. The molecule has 4 rings (SSSR count). The molecule has 27 heavy (non-hydrogen) atoms. The second-order valence-electron chi connectivity index (χ2n) is 7.26. The Labute approximate surface area is 162 Å². The van der Waals surface area contributed by atoms with E-state index in [1.54, 1.807) is 10.9 Å². The van der Waals surface area contributed by atoms with E-state index in [1.165, 1.54) is 0 Å². The number of nitrogens with zero attached hydrogens (tertiary/aromatic N) is 4. The van der Waals surface area contributed by atoms with Gasteiger partial charge in [0.05, 0.1) is 36.4 Å². The SMILES string of the molecule is O=c1c(Cl)c(NCC2CCCOC2)cnn1C1CCN(c2cn[nH]c2)CC1. The predicted octanol–water partition coefficient (Wildman–Crippen LogP) is 2.30. The lowest BCUT2D eigenvalue weighted by Crippen LogP contribution is -2.38. The summed E-state index contributed by atoms with van der Waals surface area (Å²) in [4.78, 5) is 15.0. The molecule has 2 aromatic rings. The summed E-state index contributed by atoms with van der Waals surface area (Å²) in [6.07, 6.45) is 9.29. The van der Waals surface area contributed by atoms with Crippen molar-refractivity contribution in [3.63, 3.8) is 0 Å². The van der Waals surface area contributed by atoms with Gasteiger partial charge in [-0.2, -0.15) is 10.2 Å². The van der Waals surface area contributed by atoms with Crippen LogP contribution in [0.15, 0.2) is 23.4 Å². The fourth-order valence-corrected chi connectivity index (χ4v) is 4.04. The van der Waals surface area contributed by atoms with Crippen molar-refractivity contribution in [1.82, 2.24) is 20.0 Å². The standard InChI is InChI=1S/C18H25ClN6O2/c19-17-16(20-8-13-2-1-7-27-12-13)11-23-25(18(17)26)14-3-5-24(6-4-14)15-9-21-22-10-15/h9-11,13-14,20H,1-8,12H2,(H,21,22). The van der Waals surface area contributed by atoms with Gasteiger partial charge in [0.15, 0.2) is 0 Å². The molecule has 8 nitrogen and oxygen atoms in total. The van der Waals surface area contributed by atoms with Crippen molar-refractivity contribution in [2.45, 2.75) is 31.7 Å². The Bertz CT molecular complexity index is 795. The van der Waals surface area contributed by atoms with Gasteiger partial charge in [0.1, 0.15) is 5.02 Å². The summed E-state index contributed by atoms with van der Waals surface area (Å²) in [5, 5.41) is 14.7. The molecule has 2 aliphatic heterocycles. The van der Waals surface area contributed by atoms with Crippen molar-refractivity contribution in [3.05, 3.63) is 34.0 Å². The normalized spacial score (nSPS) is 21.4. The van der Waals surface area contributed by atoms with E-state index in [2.05, 4.69) is 25.5 Å². The Morgan fingerprint density at radius 1 is 1.30 bits per heavy atom. The molecule has 0 aliphatic carbocycles. The van der Waals surface area contributed by atoms with Crippen LogP contribution in [0.5, 0.6) is 0 Å². The molecule has 2 saturated heterocycles. The highest BCUT2D eigenvalue weighted by Gasteiger charge is 2.24. The Hall–Kier alpha value is -2.06. The molecule has 0 bridgehead atoms. The molecule has 4 heterocycles. The van der Waals surface area contributed by atoms with E-state index in [0.29, 0.717) is 11.6 Å². The lowest BCUT2D eigenvalue weighted by Gasteiger charge is -2.32. The van der Waals surface area contributed by atoms with Gasteiger partial charge in [-0.15, -0.1) is 0 Å². The monoisotopic (exact) mass is 392 g/mol. The van der Waals surface area contributed by atoms with Crippen molar-refractivity contribution >= 4 is 23.0 Å². The van der Waals surface area contributed by atoms with Crippen LogP contribution in [0.3, 0.4) is 0 Å². The van der Waals surface area contributed by atoms with E-state index in [9.17, 15) is 4.79 Å². The van der Waals surface area contributed by atoms with Gasteiger partial charge in [0, 0.05) is 32.4 Å². The largest absolute Gasteiger partial charge is 0.382 e. The summed E-state index contributed by atoms with van der Waals surface area (Å²) in [6, 6.07) is 0.0685. The number of hydrogen-bond acceptors (Lipinski definition) is 6. The zero-order valence-electron chi connectivity index (χ0n) is 15.2. The first kappa shape index (κ1) is 18.3. The van der Waals surface area contributed by atoms with Crippen LogP contribution >= 0.6 is 11.6 Å². The topological polar surface area (TPSA) is 88.1 Å². The average molecular weight is 393 g/mol. The number of aromatic amines is 1. The Kier molecular flexibility index (Phi) is 5.63. The molecule has 0 radical (unpaired) electrons. The van der Waals surface area contributed by atoms with Gasteiger partial charge in [0.2, 0.25) is 0 Å². The molecular weight excluding hydrogens is 368 g/mol. The van der Waals surface area contributed by atoms with Crippen molar-refractivity contribution < 1.29 is 4.74 Å². The summed E-state index contributed by atoms with van der Waals surface area (Å²) >= 11 is 6.36. The molecule has 2 N–H and O–H groups in total. The molecule has 9 heteroatoms. The number of ether oxygens (including phenoxy) is 1. The van der Waals surface area contributed by atoms with Crippen LogP contribution in [-0.4, -0.2) is 52.8 Å². The van der Waals surface area contributed by atoms with Crippen LogP contribution < -0.4 is 15.8 Å². The third kappa shape index (κ3) is 4.11. The maximum Gasteiger partial charge on any atom is 0.287 e.